The molecule has 1 unspecified atom stereocenters. The summed E-state index contributed by atoms with van der Waals surface area (Å²) >= 11 is 0. The molecule has 1 atom stereocenters. The molecule has 0 heterocycles. The summed E-state index contributed by atoms with van der Waals surface area (Å²) in [6, 6.07) is 18.4. The van der Waals surface area contributed by atoms with Crippen LogP contribution in [0.2, 0.25) is 0 Å². The first-order valence-corrected chi connectivity index (χ1v) is 14.6. The highest BCUT2D eigenvalue weighted by atomic mass is 32.2. The van der Waals surface area contributed by atoms with Crippen molar-refractivity contribution in [3.63, 3.8) is 0 Å². The van der Waals surface area contributed by atoms with Crippen LogP contribution in [0.4, 0.5) is 14.5 Å². The maximum absolute atomic E-state index is 14.1. The summed E-state index contributed by atoms with van der Waals surface area (Å²) in [6.45, 7) is 3.53. The molecule has 1 N–H and O–H groups in total. The van der Waals surface area contributed by atoms with Gasteiger partial charge in [0.25, 0.3) is 0 Å². The van der Waals surface area contributed by atoms with Gasteiger partial charge in [-0.15, -0.1) is 0 Å². The Bertz CT molecular complexity index is 1400. The second kappa shape index (κ2) is 14.2. The minimum atomic E-state index is -4.19. The zero-order valence-electron chi connectivity index (χ0n) is 23.6. The fourth-order valence-corrected chi connectivity index (χ4v) is 5.14. The number of rotatable bonds is 13. The monoisotopic (exact) mass is 586 g/mol. The highest BCUT2D eigenvalue weighted by molar-refractivity contribution is 7.90. The van der Waals surface area contributed by atoms with Crippen LogP contribution in [0, 0.1) is 17.6 Å². The number of halogens is 2. The molecule has 0 aromatic heterocycles. The first-order valence-electron chi connectivity index (χ1n) is 13.2. The molecule has 3 aromatic carbocycles. The SMILES string of the molecule is CC(C)CNC(=O)C(Cc1ccccc1)N(Cc1ccc(F)cc1)C(=O)CN(c1ccc(F)cc1)S(=O)(=O)N(C)C. The van der Waals surface area contributed by atoms with Gasteiger partial charge >= 0.3 is 10.2 Å². The molecular weight excluding hydrogens is 550 g/mol. The van der Waals surface area contributed by atoms with Gasteiger partial charge in [0.05, 0.1) is 5.69 Å². The number of benzene rings is 3. The molecule has 0 fully saturated rings. The van der Waals surface area contributed by atoms with Gasteiger partial charge in [-0.05, 0) is 53.4 Å². The third-order valence-electron chi connectivity index (χ3n) is 6.36. The van der Waals surface area contributed by atoms with E-state index in [0.29, 0.717) is 12.1 Å². The fourth-order valence-electron chi connectivity index (χ4n) is 4.09. The highest BCUT2D eigenvalue weighted by Gasteiger charge is 2.34. The Balaban J connectivity index is 2.07. The van der Waals surface area contributed by atoms with Gasteiger partial charge in [0, 0.05) is 33.6 Å². The summed E-state index contributed by atoms with van der Waals surface area (Å²) in [5.74, 6) is -1.94. The van der Waals surface area contributed by atoms with Gasteiger partial charge in [-0.1, -0.05) is 56.3 Å². The van der Waals surface area contributed by atoms with E-state index in [1.165, 1.54) is 55.4 Å². The Morgan fingerprint density at radius 1 is 0.829 bits per heavy atom. The van der Waals surface area contributed by atoms with E-state index >= 15 is 0 Å². The summed E-state index contributed by atoms with van der Waals surface area (Å²) in [7, 11) is -1.54. The van der Waals surface area contributed by atoms with Crippen LogP contribution >= 0.6 is 0 Å². The Kier molecular flexibility index (Phi) is 11.0. The van der Waals surface area contributed by atoms with Crippen molar-refractivity contribution in [1.82, 2.24) is 14.5 Å². The largest absolute Gasteiger partial charge is 0.354 e. The molecule has 11 heteroatoms. The molecule has 220 valence electrons. The zero-order valence-corrected chi connectivity index (χ0v) is 24.4. The topological polar surface area (TPSA) is 90.0 Å². The number of anilines is 1. The van der Waals surface area contributed by atoms with Gasteiger partial charge < -0.3 is 10.2 Å². The maximum atomic E-state index is 14.1. The van der Waals surface area contributed by atoms with Gasteiger partial charge in [-0.2, -0.15) is 12.7 Å². The smallest absolute Gasteiger partial charge is 0.304 e. The predicted octanol–water partition coefficient (Wildman–Crippen LogP) is 3.99. The lowest BCUT2D eigenvalue weighted by molar-refractivity contribution is -0.140. The minimum absolute atomic E-state index is 0.0784. The molecule has 0 aliphatic carbocycles. The number of amides is 2. The molecule has 2 amide bonds. The van der Waals surface area contributed by atoms with Crippen LogP contribution in [0.3, 0.4) is 0 Å². The van der Waals surface area contributed by atoms with E-state index in [-0.39, 0.29) is 24.6 Å². The van der Waals surface area contributed by atoms with Crippen LogP contribution in [0.15, 0.2) is 78.9 Å². The van der Waals surface area contributed by atoms with Crippen molar-refractivity contribution in [1.29, 1.82) is 0 Å². The van der Waals surface area contributed by atoms with Crippen LogP contribution in [-0.2, 0) is 32.8 Å². The molecule has 3 aromatic rings. The van der Waals surface area contributed by atoms with Crippen molar-refractivity contribution >= 4 is 27.7 Å². The summed E-state index contributed by atoms with van der Waals surface area (Å²) in [5.41, 5.74) is 1.43. The Morgan fingerprint density at radius 3 is 1.93 bits per heavy atom. The number of nitrogens with one attached hydrogen (secondary N) is 1. The third kappa shape index (κ3) is 8.83. The molecule has 0 spiro atoms. The van der Waals surface area contributed by atoms with Crippen molar-refractivity contribution in [3.8, 4) is 0 Å². The maximum Gasteiger partial charge on any atom is 0.304 e. The van der Waals surface area contributed by atoms with Crippen molar-refractivity contribution < 1.29 is 26.8 Å². The fraction of sp³-hybridized carbons (Fsp3) is 0.333. The van der Waals surface area contributed by atoms with Crippen molar-refractivity contribution in [3.05, 3.63) is 102 Å². The average molecular weight is 587 g/mol. The number of hydrogen-bond acceptors (Lipinski definition) is 4. The molecule has 41 heavy (non-hydrogen) atoms. The van der Waals surface area contributed by atoms with E-state index in [1.54, 1.807) is 0 Å². The van der Waals surface area contributed by atoms with Crippen LogP contribution in [0.5, 0.6) is 0 Å². The molecule has 0 radical (unpaired) electrons. The molecule has 3 rings (SSSR count). The minimum Gasteiger partial charge on any atom is -0.354 e. The van der Waals surface area contributed by atoms with E-state index in [0.717, 1.165) is 26.3 Å². The molecule has 0 saturated heterocycles. The summed E-state index contributed by atoms with van der Waals surface area (Å²) < 4.78 is 55.8. The van der Waals surface area contributed by atoms with Gasteiger partial charge in [0.15, 0.2) is 0 Å². The van der Waals surface area contributed by atoms with Gasteiger partial charge in [-0.3, -0.25) is 9.59 Å². The van der Waals surface area contributed by atoms with Crippen LogP contribution in [0.25, 0.3) is 0 Å². The molecule has 0 saturated carbocycles. The molecule has 8 nitrogen and oxygen atoms in total. The lowest BCUT2D eigenvalue weighted by Crippen LogP contribution is -2.54. The molecule has 0 aliphatic rings. The number of nitrogens with zero attached hydrogens (tertiary/aromatic N) is 3. The zero-order chi connectivity index (χ0) is 30.2. The second-order valence-corrected chi connectivity index (χ2v) is 12.3. The van der Waals surface area contributed by atoms with Crippen molar-refractivity contribution in [2.45, 2.75) is 32.9 Å². The Morgan fingerprint density at radius 2 is 1.39 bits per heavy atom. The van der Waals surface area contributed by atoms with Crippen LogP contribution < -0.4 is 9.62 Å². The average Bonchev–Trinajstić information content (AvgIpc) is 2.94. The first-order chi connectivity index (χ1) is 19.4. The predicted molar refractivity (Wildman–Crippen MR) is 155 cm³/mol. The number of carbonyl (C=O) groups excluding carboxylic acids is 2. The molecule has 0 bridgehead atoms. The Hall–Kier alpha value is -3.83. The summed E-state index contributed by atoms with van der Waals surface area (Å²) in [6.07, 6.45) is 0.161. The standard InChI is InChI=1S/C30H36F2N4O4S/c1-22(2)19-33-30(38)28(18-23-8-6-5-7-9-23)35(20-24-10-12-25(31)13-11-24)29(37)21-36(41(39,40)34(3)4)27-16-14-26(32)15-17-27/h5-17,22,28H,18-21H2,1-4H3,(H,33,38). The van der Waals surface area contributed by atoms with Gasteiger partial charge in [0.2, 0.25) is 11.8 Å². The molecule has 0 aliphatic heterocycles. The van der Waals surface area contributed by atoms with E-state index in [4.69, 9.17) is 0 Å². The summed E-state index contributed by atoms with van der Waals surface area (Å²) in [4.78, 5) is 29.0. The van der Waals surface area contributed by atoms with Crippen molar-refractivity contribution in [2.75, 3.05) is 31.5 Å². The number of carbonyl (C=O) groups is 2. The number of hydrogen-bond donors (Lipinski definition) is 1. The Labute approximate surface area is 240 Å². The van der Waals surface area contributed by atoms with E-state index in [1.807, 2.05) is 44.2 Å². The van der Waals surface area contributed by atoms with Crippen LogP contribution in [-0.4, -0.2) is 62.7 Å². The van der Waals surface area contributed by atoms with E-state index < -0.39 is 46.2 Å². The molecular formula is C30H36F2N4O4S. The normalized spacial score (nSPS) is 12.3. The highest BCUT2D eigenvalue weighted by Crippen LogP contribution is 2.22. The van der Waals surface area contributed by atoms with Gasteiger partial charge in [0.1, 0.15) is 24.2 Å². The van der Waals surface area contributed by atoms with Crippen LogP contribution in [0.1, 0.15) is 25.0 Å². The lowest BCUT2D eigenvalue weighted by Gasteiger charge is -2.34. The quantitative estimate of drug-likeness (QED) is 0.328. The lowest BCUT2D eigenvalue weighted by atomic mass is 10.0. The van der Waals surface area contributed by atoms with E-state index in [2.05, 4.69) is 5.32 Å². The second-order valence-electron chi connectivity index (χ2n) is 10.3. The van der Waals surface area contributed by atoms with Crippen molar-refractivity contribution in [2.24, 2.45) is 5.92 Å². The van der Waals surface area contributed by atoms with Gasteiger partial charge in [-0.25, -0.2) is 13.1 Å². The summed E-state index contributed by atoms with van der Waals surface area (Å²) in [5, 5.41) is 2.90. The van der Waals surface area contributed by atoms with E-state index in [9.17, 15) is 26.8 Å². The third-order valence-corrected chi connectivity index (χ3v) is 8.18. The first kappa shape index (κ1) is 31.7.